The van der Waals surface area contributed by atoms with E-state index in [1.165, 1.54) is 26.6 Å². The van der Waals surface area contributed by atoms with Crippen molar-refractivity contribution in [2.24, 2.45) is 5.41 Å². The number of thiophene rings is 1. The van der Waals surface area contributed by atoms with Gasteiger partial charge in [0, 0.05) is 33.0 Å². The number of benzene rings is 2. The van der Waals surface area contributed by atoms with E-state index in [-0.39, 0.29) is 33.3 Å². The highest BCUT2D eigenvalue weighted by Gasteiger charge is 2.32. The number of rotatable bonds is 14. The van der Waals surface area contributed by atoms with Gasteiger partial charge >= 0.3 is 5.97 Å². The summed E-state index contributed by atoms with van der Waals surface area (Å²) in [6, 6.07) is 15.7. The summed E-state index contributed by atoms with van der Waals surface area (Å²) in [4.78, 5) is 29.2. The Morgan fingerprint density at radius 2 is 1.68 bits per heavy atom. The molecule has 1 fully saturated rings. The van der Waals surface area contributed by atoms with E-state index in [4.69, 9.17) is 37.4 Å². The third-order valence-corrected chi connectivity index (χ3v) is 11.0. The van der Waals surface area contributed by atoms with Crippen molar-refractivity contribution in [3.63, 3.8) is 0 Å². The third-order valence-electron chi connectivity index (χ3n) is 9.26. The molecule has 266 valence electrons. The van der Waals surface area contributed by atoms with Crippen molar-refractivity contribution in [2.75, 3.05) is 41.0 Å². The number of hydrogen-bond acceptors (Lipinski definition) is 10. The molecular formula is C37H41Cl2N3O7S. The summed E-state index contributed by atoms with van der Waals surface area (Å²) in [5.74, 6) is -1.36. The molecule has 0 amide bonds. The zero-order chi connectivity index (χ0) is 36.0. The number of aromatic carboxylic acids is 1. The Bertz CT molecular complexity index is 1790. The highest BCUT2D eigenvalue weighted by molar-refractivity contribution is 7.14. The average molecular weight is 743 g/mol. The van der Waals surface area contributed by atoms with Crippen LogP contribution >= 0.6 is 34.5 Å². The number of halogens is 2. The van der Waals surface area contributed by atoms with Crippen molar-refractivity contribution in [3.05, 3.63) is 109 Å². The standard InChI is InChI=1S/C37H41Cl2N3O7S/c1-37(12-14-41(2)15-13-37)22-49-36(45)33(23-8-6-5-7-9-23)40-19-25-17-27(34(50-25)35(43)44)26(18-28-29(38)20-42(46)21-30(28)39)24-10-11-31(47-3)32(16-24)48-4/h5-11,16-17,20-21,26,33,40H,12-15,18-19,22H2,1-4H3,(H-,43,44,46)/t26-,33?/m0/s1. The molecule has 3 heterocycles. The van der Waals surface area contributed by atoms with E-state index in [1.807, 2.05) is 36.4 Å². The molecule has 50 heavy (non-hydrogen) atoms. The number of ether oxygens (including phenoxy) is 3. The number of likely N-dealkylation sites (tertiary alicyclic amines) is 1. The molecule has 0 saturated carbocycles. The molecule has 0 radical (unpaired) electrons. The second-order valence-corrected chi connectivity index (χ2v) is 14.9. The fraction of sp³-hybridized carbons (Fsp3) is 0.378. The van der Waals surface area contributed by atoms with Crippen LogP contribution in [-0.4, -0.2) is 63.0 Å². The van der Waals surface area contributed by atoms with Crippen LogP contribution in [0, 0.1) is 5.41 Å². The number of esters is 1. The molecule has 4 aromatic rings. The summed E-state index contributed by atoms with van der Waals surface area (Å²) in [6.45, 7) is 4.54. The number of methoxy groups -OCH3 is 2. The highest BCUT2D eigenvalue weighted by atomic mass is 35.5. The fourth-order valence-corrected chi connectivity index (χ4v) is 7.81. The van der Waals surface area contributed by atoms with Crippen molar-refractivity contribution < 1.29 is 38.8 Å². The highest BCUT2D eigenvalue weighted by Crippen LogP contribution is 2.41. The SMILES string of the molecule is COc1ccc([C@H](Cc2c(Cl)c[n+](O)cc2Cl)c2cc(CNC(C(=O)OCC3(C)CCN(C)CC3)c3ccccc3)sc2C(=O)[O-])cc1OC. The molecule has 2 atom stereocenters. The van der Waals surface area contributed by atoms with Gasteiger partial charge in [-0.1, -0.05) is 66.5 Å². The van der Waals surface area contributed by atoms with Crippen molar-refractivity contribution in [1.82, 2.24) is 10.2 Å². The topological polar surface area (TPSA) is 124 Å². The molecule has 10 nitrogen and oxygen atoms in total. The lowest BCUT2D eigenvalue weighted by Gasteiger charge is -2.37. The number of pyridine rings is 1. The van der Waals surface area contributed by atoms with Gasteiger partial charge < -0.3 is 29.0 Å². The van der Waals surface area contributed by atoms with E-state index in [0.29, 0.717) is 39.7 Å². The first-order valence-electron chi connectivity index (χ1n) is 16.2. The molecule has 5 rings (SSSR count). The number of carbonyl (C=O) groups is 2. The van der Waals surface area contributed by atoms with Crippen LogP contribution < -0.4 is 24.6 Å². The maximum atomic E-state index is 13.6. The Morgan fingerprint density at radius 1 is 1.02 bits per heavy atom. The van der Waals surface area contributed by atoms with E-state index in [2.05, 4.69) is 24.2 Å². The lowest BCUT2D eigenvalue weighted by atomic mass is 9.81. The van der Waals surface area contributed by atoms with E-state index in [0.717, 1.165) is 47.6 Å². The molecule has 2 N–H and O–H groups in total. The number of nitrogens with one attached hydrogen (secondary N) is 1. The van der Waals surface area contributed by atoms with Crippen LogP contribution in [0.1, 0.15) is 68.5 Å². The Morgan fingerprint density at radius 3 is 2.30 bits per heavy atom. The molecule has 1 aliphatic heterocycles. The van der Waals surface area contributed by atoms with Gasteiger partial charge in [0.25, 0.3) is 0 Å². The summed E-state index contributed by atoms with van der Waals surface area (Å²) in [7, 11) is 5.14. The second kappa shape index (κ2) is 16.4. The van der Waals surface area contributed by atoms with Gasteiger partial charge in [0.15, 0.2) is 11.5 Å². The number of carboxylic acids is 1. The van der Waals surface area contributed by atoms with Crippen molar-refractivity contribution in [1.29, 1.82) is 0 Å². The fourth-order valence-electron chi connectivity index (χ4n) is 6.20. The number of hydrogen-bond donors (Lipinski definition) is 2. The van der Waals surface area contributed by atoms with Gasteiger partial charge in [0.1, 0.15) is 16.1 Å². The van der Waals surface area contributed by atoms with Crippen LogP contribution in [0.25, 0.3) is 0 Å². The largest absolute Gasteiger partial charge is 0.544 e. The Labute approximate surface area is 306 Å². The Kier molecular flexibility index (Phi) is 12.3. The maximum Gasteiger partial charge on any atom is 0.327 e. The van der Waals surface area contributed by atoms with Crippen LogP contribution in [0.15, 0.2) is 67.0 Å². The van der Waals surface area contributed by atoms with Crippen LogP contribution in [0.4, 0.5) is 0 Å². The Balaban J connectivity index is 1.47. The maximum absolute atomic E-state index is 13.6. The summed E-state index contributed by atoms with van der Waals surface area (Å²) < 4.78 is 17.7. The molecule has 0 spiro atoms. The molecule has 13 heteroatoms. The van der Waals surface area contributed by atoms with Gasteiger partial charge in [-0.05, 0) is 74.3 Å². The van der Waals surface area contributed by atoms with E-state index >= 15 is 0 Å². The van der Waals surface area contributed by atoms with Gasteiger partial charge in [-0.25, -0.2) is 4.79 Å². The van der Waals surface area contributed by atoms with Crippen LogP contribution in [0.2, 0.25) is 10.0 Å². The second-order valence-electron chi connectivity index (χ2n) is 12.9. The van der Waals surface area contributed by atoms with Crippen molar-refractivity contribution >= 4 is 46.5 Å². The van der Waals surface area contributed by atoms with Gasteiger partial charge in [-0.15, -0.1) is 11.3 Å². The molecular weight excluding hydrogens is 701 g/mol. The minimum absolute atomic E-state index is 0.0241. The van der Waals surface area contributed by atoms with Crippen LogP contribution in [0.3, 0.4) is 0 Å². The molecule has 1 aliphatic rings. The average Bonchev–Trinajstić information content (AvgIpc) is 3.53. The first-order chi connectivity index (χ1) is 23.9. The quantitative estimate of drug-likeness (QED) is 0.0988. The van der Waals surface area contributed by atoms with Gasteiger partial charge in [-0.2, -0.15) is 0 Å². The predicted molar refractivity (Wildman–Crippen MR) is 189 cm³/mol. The number of carbonyl (C=O) groups excluding carboxylic acids is 2. The summed E-state index contributed by atoms with van der Waals surface area (Å²) in [5.41, 5.74) is 2.33. The minimum Gasteiger partial charge on any atom is -0.544 e. The zero-order valence-electron chi connectivity index (χ0n) is 28.4. The summed E-state index contributed by atoms with van der Waals surface area (Å²) in [5, 5.41) is 26.4. The first-order valence-corrected chi connectivity index (χ1v) is 17.8. The van der Waals surface area contributed by atoms with Gasteiger partial charge in [-0.3, -0.25) is 10.5 Å². The molecule has 2 aromatic carbocycles. The van der Waals surface area contributed by atoms with E-state index in [1.54, 1.807) is 18.2 Å². The monoisotopic (exact) mass is 741 g/mol. The summed E-state index contributed by atoms with van der Waals surface area (Å²) >= 11 is 14.1. The lowest BCUT2D eigenvalue weighted by Crippen LogP contribution is -2.40. The molecule has 0 aliphatic carbocycles. The van der Waals surface area contributed by atoms with Gasteiger partial charge in [0.2, 0.25) is 12.4 Å². The Hall–Kier alpha value is -3.87. The van der Waals surface area contributed by atoms with Crippen LogP contribution in [0.5, 0.6) is 11.5 Å². The van der Waals surface area contributed by atoms with E-state index < -0.39 is 23.9 Å². The zero-order valence-corrected chi connectivity index (χ0v) is 30.7. The normalized spacial score (nSPS) is 15.6. The smallest absolute Gasteiger partial charge is 0.327 e. The number of piperidine rings is 1. The third kappa shape index (κ3) is 8.88. The lowest BCUT2D eigenvalue weighted by molar-refractivity contribution is -0.904. The van der Waals surface area contributed by atoms with Crippen molar-refractivity contribution in [2.45, 2.75) is 44.7 Å². The van der Waals surface area contributed by atoms with Crippen LogP contribution in [-0.2, 0) is 22.5 Å². The predicted octanol–water partition coefficient (Wildman–Crippen LogP) is 5.44. The number of carboxylic acid groups (broad SMARTS) is 1. The molecule has 2 aromatic heterocycles. The number of aromatic nitrogens is 1. The summed E-state index contributed by atoms with van der Waals surface area (Å²) in [6.07, 6.45) is 4.68. The molecule has 1 saturated heterocycles. The van der Waals surface area contributed by atoms with Gasteiger partial charge in [0.05, 0.1) is 31.7 Å². The first kappa shape index (κ1) is 37.4. The molecule has 0 bridgehead atoms. The molecule has 1 unspecified atom stereocenters. The van der Waals surface area contributed by atoms with E-state index in [9.17, 15) is 19.9 Å². The van der Waals surface area contributed by atoms with Crippen molar-refractivity contribution in [3.8, 4) is 11.5 Å². The number of nitrogens with zero attached hydrogens (tertiary/aromatic N) is 2. The minimum atomic E-state index is -1.34.